The van der Waals surface area contributed by atoms with Crippen LogP contribution in [0.15, 0.2) is 64.8 Å². The molecule has 3 aliphatic rings. The van der Waals surface area contributed by atoms with Gasteiger partial charge in [0.25, 0.3) is 11.6 Å². The summed E-state index contributed by atoms with van der Waals surface area (Å²) < 4.78 is 10.3. The molecule has 12 heteroatoms. The number of nitro benzene ring substituents is 1. The maximum absolute atomic E-state index is 13.7. The molecule has 0 bridgehead atoms. The van der Waals surface area contributed by atoms with Gasteiger partial charge in [0.2, 0.25) is 5.91 Å². The van der Waals surface area contributed by atoms with Gasteiger partial charge in [0, 0.05) is 12.1 Å². The van der Waals surface area contributed by atoms with E-state index in [-0.39, 0.29) is 16.9 Å². The summed E-state index contributed by atoms with van der Waals surface area (Å²) in [5.74, 6) is -0.923. The number of aliphatic imine (C=N–C) groups is 1. The van der Waals surface area contributed by atoms with Gasteiger partial charge in [-0.15, -0.1) is 0 Å². The highest BCUT2D eigenvalue weighted by molar-refractivity contribution is 8.15. The number of nitrogens with zero attached hydrogens (tertiary/aromatic N) is 4. The number of esters is 1. The van der Waals surface area contributed by atoms with Crippen molar-refractivity contribution in [1.29, 1.82) is 0 Å². The largest absolute Gasteiger partial charge is 0.497 e. The van der Waals surface area contributed by atoms with Crippen LogP contribution < -0.4 is 9.64 Å². The monoisotopic (exact) mass is 508 g/mol. The summed E-state index contributed by atoms with van der Waals surface area (Å²) in [5, 5.41) is 10.7. The van der Waals surface area contributed by atoms with Crippen molar-refractivity contribution in [2.45, 2.75) is 24.3 Å². The van der Waals surface area contributed by atoms with Crippen LogP contribution in [0.5, 0.6) is 5.75 Å². The standard InChI is InChI=1S/C24H20N4O7S/c1-12-17(23(31)35-3)18(13-4-10-16(34-2)11-5-13)27-19-20(36-24(27)25-12)22(30)26(21(19)29)14-6-8-15(9-7-14)28(32)33/h4-11,18-20H,1-3H3. The molecule has 3 unspecified atom stereocenters. The highest BCUT2D eigenvalue weighted by atomic mass is 32.2. The van der Waals surface area contributed by atoms with E-state index in [1.54, 1.807) is 43.2 Å². The number of amidine groups is 1. The minimum atomic E-state index is -0.934. The number of allylic oxidation sites excluding steroid dienone is 1. The molecule has 3 aliphatic heterocycles. The van der Waals surface area contributed by atoms with Gasteiger partial charge in [0.15, 0.2) is 5.17 Å². The van der Waals surface area contributed by atoms with Crippen molar-refractivity contribution in [3.63, 3.8) is 0 Å². The van der Waals surface area contributed by atoms with Crippen molar-refractivity contribution in [3.8, 4) is 5.75 Å². The van der Waals surface area contributed by atoms with E-state index in [4.69, 9.17) is 9.47 Å². The molecule has 3 heterocycles. The van der Waals surface area contributed by atoms with E-state index in [9.17, 15) is 24.5 Å². The van der Waals surface area contributed by atoms with Gasteiger partial charge in [-0.25, -0.2) is 14.7 Å². The van der Waals surface area contributed by atoms with Gasteiger partial charge in [0.05, 0.1) is 42.1 Å². The Morgan fingerprint density at radius 2 is 1.72 bits per heavy atom. The summed E-state index contributed by atoms with van der Waals surface area (Å²) >= 11 is 1.16. The fourth-order valence-corrected chi connectivity index (χ4v) is 6.00. The van der Waals surface area contributed by atoms with E-state index < -0.39 is 40.0 Å². The highest BCUT2D eigenvalue weighted by Gasteiger charge is 2.60. The first-order valence-corrected chi connectivity index (χ1v) is 11.7. The predicted octanol–water partition coefficient (Wildman–Crippen LogP) is 2.82. The van der Waals surface area contributed by atoms with Crippen LogP contribution in [0, 0.1) is 10.1 Å². The van der Waals surface area contributed by atoms with Crippen LogP contribution in [0.2, 0.25) is 0 Å². The van der Waals surface area contributed by atoms with Gasteiger partial charge in [-0.3, -0.25) is 19.7 Å². The first kappa shape index (κ1) is 23.5. The molecule has 0 aromatic heterocycles. The third kappa shape index (κ3) is 3.52. The zero-order valence-electron chi connectivity index (χ0n) is 19.4. The molecule has 184 valence electrons. The molecule has 2 aromatic carbocycles. The van der Waals surface area contributed by atoms with Crippen molar-refractivity contribution < 1.29 is 28.8 Å². The number of carbonyl (C=O) groups excluding carboxylic acids is 3. The molecule has 36 heavy (non-hydrogen) atoms. The van der Waals surface area contributed by atoms with Crippen molar-refractivity contribution >= 4 is 46.1 Å². The number of rotatable bonds is 5. The second-order valence-corrected chi connectivity index (χ2v) is 9.35. The zero-order chi connectivity index (χ0) is 25.7. The third-order valence-electron chi connectivity index (χ3n) is 6.34. The molecule has 2 amide bonds. The normalized spacial score (nSPS) is 22.9. The van der Waals surface area contributed by atoms with E-state index in [1.165, 1.54) is 31.4 Å². The van der Waals surface area contributed by atoms with Gasteiger partial charge in [-0.1, -0.05) is 23.9 Å². The fraction of sp³-hybridized carbons (Fsp3) is 0.250. The SMILES string of the molecule is COC(=O)C1=C(C)N=C2SC3C(=O)N(c4ccc([N+](=O)[O-])cc4)C(=O)C3N2C1c1ccc(OC)cc1. The van der Waals surface area contributed by atoms with E-state index >= 15 is 0 Å². The predicted molar refractivity (Wildman–Crippen MR) is 130 cm³/mol. The van der Waals surface area contributed by atoms with Crippen LogP contribution in [0.3, 0.4) is 0 Å². The second-order valence-electron chi connectivity index (χ2n) is 8.24. The van der Waals surface area contributed by atoms with Crippen LogP contribution >= 0.6 is 11.8 Å². The number of amides is 2. The van der Waals surface area contributed by atoms with E-state index in [0.29, 0.717) is 22.2 Å². The molecule has 0 radical (unpaired) electrons. The molecule has 0 N–H and O–H groups in total. The molecule has 2 saturated heterocycles. The van der Waals surface area contributed by atoms with Gasteiger partial charge < -0.3 is 14.4 Å². The van der Waals surface area contributed by atoms with Crippen LogP contribution in [-0.4, -0.2) is 58.3 Å². The fourth-order valence-electron chi connectivity index (χ4n) is 4.66. The Bertz CT molecular complexity index is 1350. The average Bonchev–Trinajstić information content (AvgIpc) is 3.37. The number of hydrogen-bond donors (Lipinski definition) is 0. The quantitative estimate of drug-likeness (QED) is 0.259. The first-order chi connectivity index (χ1) is 17.3. The molecule has 11 nitrogen and oxygen atoms in total. The topological polar surface area (TPSA) is 132 Å². The number of fused-ring (bicyclic) bond motifs is 3. The Labute approximate surface area is 209 Å². The molecule has 3 atom stereocenters. The van der Waals surface area contributed by atoms with Crippen molar-refractivity contribution in [2.24, 2.45) is 4.99 Å². The lowest BCUT2D eigenvalue weighted by Crippen LogP contribution is -2.47. The lowest BCUT2D eigenvalue weighted by Gasteiger charge is -2.37. The van der Waals surface area contributed by atoms with E-state index in [0.717, 1.165) is 16.7 Å². The average molecular weight is 509 g/mol. The molecule has 2 aromatic rings. The molecule has 0 spiro atoms. The Balaban J connectivity index is 1.58. The zero-order valence-corrected chi connectivity index (χ0v) is 20.2. The van der Waals surface area contributed by atoms with Crippen LogP contribution in [0.4, 0.5) is 11.4 Å². The molecule has 0 aliphatic carbocycles. The van der Waals surface area contributed by atoms with Gasteiger partial charge in [0.1, 0.15) is 17.0 Å². The maximum atomic E-state index is 13.7. The lowest BCUT2D eigenvalue weighted by molar-refractivity contribution is -0.384. The Morgan fingerprint density at radius 3 is 2.31 bits per heavy atom. The van der Waals surface area contributed by atoms with Crippen molar-refractivity contribution in [1.82, 2.24) is 4.90 Å². The molecular weight excluding hydrogens is 488 g/mol. The Hall–Kier alpha value is -4.19. The number of non-ortho nitro benzene ring substituents is 1. The number of nitro groups is 1. The summed E-state index contributed by atoms with van der Waals surface area (Å²) in [6.07, 6.45) is 0. The summed E-state index contributed by atoms with van der Waals surface area (Å²) in [6.45, 7) is 1.69. The molecule has 2 fully saturated rings. The van der Waals surface area contributed by atoms with Crippen molar-refractivity contribution in [2.75, 3.05) is 19.1 Å². The van der Waals surface area contributed by atoms with Gasteiger partial charge in [-0.05, 0) is 36.8 Å². The summed E-state index contributed by atoms with van der Waals surface area (Å²) in [4.78, 5) is 57.7. The number of imide groups is 1. The lowest BCUT2D eigenvalue weighted by atomic mass is 9.93. The second kappa shape index (κ2) is 8.79. The maximum Gasteiger partial charge on any atom is 0.338 e. The van der Waals surface area contributed by atoms with Gasteiger partial charge in [-0.2, -0.15) is 0 Å². The van der Waals surface area contributed by atoms with Crippen LogP contribution in [-0.2, 0) is 19.1 Å². The minimum Gasteiger partial charge on any atom is -0.497 e. The smallest absolute Gasteiger partial charge is 0.338 e. The highest BCUT2D eigenvalue weighted by Crippen LogP contribution is 2.49. The number of thioether (sulfide) groups is 1. The van der Waals surface area contributed by atoms with Crippen LogP contribution in [0.1, 0.15) is 18.5 Å². The Morgan fingerprint density at radius 1 is 1.06 bits per heavy atom. The third-order valence-corrected chi connectivity index (χ3v) is 7.56. The molecular formula is C24H20N4O7S. The first-order valence-electron chi connectivity index (χ1n) is 10.9. The number of hydrogen-bond acceptors (Lipinski definition) is 10. The number of ether oxygens (including phenoxy) is 2. The van der Waals surface area contributed by atoms with Crippen molar-refractivity contribution in [3.05, 3.63) is 75.5 Å². The molecule has 5 rings (SSSR count). The summed E-state index contributed by atoms with van der Waals surface area (Å²) in [7, 11) is 2.82. The number of anilines is 1. The van der Waals surface area contributed by atoms with Crippen LogP contribution in [0.25, 0.3) is 0 Å². The van der Waals surface area contributed by atoms with E-state index in [2.05, 4.69) is 4.99 Å². The minimum absolute atomic E-state index is 0.152. The van der Waals surface area contributed by atoms with Gasteiger partial charge >= 0.3 is 5.97 Å². The molecule has 0 saturated carbocycles. The summed E-state index contributed by atoms with van der Waals surface area (Å²) in [6, 6.07) is 10.6. The summed E-state index contributed by atoms with van der Waals surface area (Å²) in [5.41, 5.74) is 1.48. The Kier molecular flexibility index (Phi) is 5.75. The number of methoxy groups -OCH3 is 2. The number of benzene rings is 2. The van der Waals surface area contributed by atoms with E-state index in [1.807, 2.05) is 0 Å². The number of carbonyl (C=O) groups is 3.